The van der Waals surface area contributed by atoms with Gasteiger partial charge in [-0.1, -0.05) is 29.4 Å². The summed E-state index contributed by atoms with van der Waals surface area (Å²) >= 11 is 0. The minimum Gasteiger partial charge on any atom is -0.367 e. The van der Waals surface area contributed by atoms with Gasteiger partial charge in [0.2, 0.25) is 0 Å². The molecule has 0 atom stereocenters. The first-order valence-electron chi connectivity index (χ1n) is 7.48. The predicted octanol–water partition coefficient (Wildman–Crippen LogP) is 3.06. The van der Waals surface area contributed by atoms with Crippen molar-refractivity contribution in [3.63, 3.8) is 0 Å². The lowest BCUT2D eigenvalue weighted by molar-refractivity contribution is -0.176. The maximum absolute atomic E-state index is 12.0. The molecule has 0 unspecified atom stereocenters. The van der Waals surface area contributed by atoms with E-state index in [1.54, 1.807) is 37.3 Å². The van der Waals surface area contributed by atoms with E-state index < -0.39 is 12.8 Å². The molecule has 2 N–H and O–H groups in total. The molecule has 0 aliphatic heterocycles. The first kappa shape index (κ1) is 18.8. The molecule has 25 heavy (non-hydrogen) atoms. The van der Waals surface area contributed by atoms with E-state index in [2.05, 4.69) is 20.5 Å². The second-order valence-electron chi connectivity index (χ2n) is 5.39. The number of carbonyl (C=O) groups excluding carboxylic acids is 1. The number of ether oxygens (including phenoxy) is 1. The third-order valence-electron chi connectivity index (χ3n) is 3.12. The van der Waals surface area contributed by atoms with Crippen LogP contribution in [0.1, 0.15) is 22.6 Å². The molecule has 2 aromatic rings. The maximum atomic E-state index is 12.0. The molecule has 9 heteroatoms. The van der Waals surface area contributed by atoms with E-state index in [4.69, 9.17) is 4.52 Å². The number of benzene rings is 1. The fraction of sp³-hybridized carbons (Fsp3) is 0.375. The monoisotopic (exact) mass is 357 g/mol. The number of nitrogens with one attached hydrogen (secondary N) is 2. The first-order valence-corrected chi connectivity index (χ1v) is 7.48. The van der Waals surface area contributed by atoms with Crippen molar-refractivity contribution in [3.05, 3.63) is 52.9 Å². The number of hydrogen-bond acceptors (Lipinski definition) is 4. The lowest BCUT2D eigenvalue weighted by Crippen LogP contribution is -2.34. The van der Waals surface area contributed by atoms with E-state index in [9.17, 15) is 18.0 Å². The largest absolute Gasteiger partial charge is 0.411 e. The standard InChI is InChI=1S/C16H18F3N3O3/c1-11-6-14(22-25-11)8-21-15(23)20-7-12-2-4-13(5-3-12)9-24-10-16(17,18)19/h2-6H,7-10H2,1H3,(H2,20,21,23). The first-order chi connectivity index (χ1) is 11.8. The molecule has 0 spiro atoms. The Bertz CT molecular complexity index is 684. The number of aromatic nitrogens is 1. The van der Waals surface area contributed by atoms with Crippen LogP contribution in [0.25, 0.3) is 0 Å². The molecule has 0 aliphatic carbocycles. The third kappa shape index (κ3) is 7.25. The summed E-state index contributed by atoms with van der Waals surface area (Å²) < 4.78 is 45.4. The van der Waals surface area contributed by atoms with Crippen molar-refractivity contribution in [2.45, 2.75) is 32.8 Å². The minimum absolute atomic E-state index is 0.120. The van der Waals surface area contributed by atoms with Crippen molar-refractivity contribution in [2.75, 3.05) is 6.61 Å². The van der Waals surface area contributed by atoms with Crippen LogP contribution >= 0.6 is 0 Å². The Hall–Kier alpha value is -2.55. The number of hydrogen-bond donors (Lipinski definition) is 2. The Morgan fingerprint density at radius 1 is 1.16 bits per heavy atom. The number of alkyl halides is 3. The third-order valence-corrected chi connectivity index (χ3v) is 3.12. The molecule has 1 aromatic heterocycles. The van der Waals surface area contributed by atoms with E-state index in [-0.39, 0.29) is 25.7 Å². The van der Waals surface area contributed by atoms with Crippen LogP contribution < -0.4 is 10.6 Å². The van der Waals surface area contributed by atoms with E-state index in [1.165, 1.54) is 0 Å². The van der Waals surface area contributed by atoms with Crippen LogP contribution in [-0.4, -0.2) is 24.0 Å². The quantitative estimate of drug-likeness (QED) is 0.799. The van der Waals surface area contributed by atoms with Gasteiger partial charge >= 0.3 is 12.2 Å². The summed E-state index contributed by atoms with van der Waals surface area (Å²) in [5.41, 5.74) is 2.06. The Morgan fingerprint density at radius 2 is 1.80 bits per heavy atom. The van der Waals surface area contributed by atoms with Crippen LogP contribution in [0.4, 0.5) is 18.0 Å². The van der Waals surface area contributed by atoms with Gasteiger partial charge in [-0.05, 0) is 18.1 Å². The second-order valence-corrected chi connectivity index (χ2v) is 5.39. The molecule has 0 saturated heterocycles. The van der Waals surface area contributed by atoms with Crippen molar-refractivity contribution < 1.29 is 27.2 Å². The fourth-order valence-corrected chi connectivity index (χ4v) is 1.95. The van der Waals surface area contributed by atoms with Gasteiger partial charge < -0.3 is 19.9 Å². The Kier molecular flexibility index (Phi) is 6.40. The maximum Gasteiger partial charge on any atom is 0.411 e. The number of halogens is 3. The van der Waals surface area contributed by atoms with E-state index in [1.807, 2.05) is 0 Å². The molecule has 1 aromatic carbocycles. The van der Waals surface area contributed by atoms with Gasteiger partial charge in [0.15, 0.2) is 0 Å². The Morgan fingerprint density at radius 3 is 2.40 bits per heavy atom. The van der Waals surface area contributed by atoms with Crippen LogP contribution in [0, 0.1) is 6.92 Å². The molecule has 2 amide bonds. The number of urea groups is 1. The molecule has 0 bridgehead atoms. The number of nitrogens with zero attached hydrogens (tertiary/aromatic N) is 1. The van der Waals surface area contributed by atoms with E-state index in [0.29, 0.717) is 17.0 Å². The second kappa shape index (κ2) is 8.52. The zero-order valence-electron chi connectivity index (χ0n) is 13.5. The summed E-state index contributed by atoms with van der Waals surface area (Å²) in [7, 11) is 0. The van der Waals surface area contributed by atoms with Crippen molar-refractivity contribution in [1.29, 1.82) is 0 Å². The van der Waals surface area contributed by atoms with Gasteiger partial charge in [-0.3, -0.25) is 0 Å². The van der Waals surface area contributed by atoms with Crippen molar-refractivity contribution in [3.8, 4) is 0 Å². The van der Waals surface area contributed by atoms with E-state index in [0.717, 1.165) is 5.56 Å². The molecule has 6 nitrogen and oxygen atoms in total. The molecule has 136 valence electrons. The van der Waals surface area contributed by atoms with Crippen molar-refractivity contribution in [2.24, 2.45) is 0 Å². The van der Waals surface area contributed by atoms with Gasteiger partial charge in [-0.2, -0.15) is 13.2 Å². The predicted molar refractivity (Wildman–Crippen MR) is 82.5 cm³/mol. The number of amides is 2. The van der Waals surface area contributed by atoms with Gasteiger partial charge in [-0.15, -0.1) is 0 Å². The Labute approximate surface area is 142 Å². The lowest BCUT2D eigenvalue weighted by Gasteiger charge is -2.09. The van der Waals surface area contributed by atoms with Gasteiger partial charge in [0.25, 0.3) is 0 Å². The number of carbonyl (C=O) groups is 1. The summed E-state index contributed by atoms with van der Waals surface area (Å²) in [5.74, 6) is 0.663. The molecule has 2 rings (SSSR count). The average Bonchev–Trinajstić information content (AvgIpc) is 2.96. The summed E-state index contributed by atoms with van der Waals surface area (Å²) in [6.45, 7) is 0.896. The smallest absolute Gasteiger partial charge is 0.367 e. The SMILES string of the molecule is Cc1cc(CNC(=O)NCc2ccc(COCC(F)(F)F)cc2)no1. The van der Waals surface area contributed by atoms with E-state index >= 15 is 0 Å². The Balaban J connectivity index is 1.69. The van der Waals surface area contributed by atoms with Gasteiger partial charge in [0, 0.05) is 12.6 Å². The highest BCUT2D eigenvalue weighted by atomic mass is 19.4. The van der Waals surface area contributed by atoms with Gasteiger partial charge in [-0.25, -0.2) is 4.79 Å². The highest BCUT2D eigenvalue weighted by molar-refractivity contribution is 5.73. The van der Waals surface area contributed by atoms with Gasteiger partial charge in [0.05, 0.1) is 13.2 Å². The summed E-state index contributed by atoms with van der Waals surface area (Å²) in [4.78, 5) is 11.7. The number of rotatable bonds is 7. The summed E-state index contributed by atoms with van der Waals surface area (Å²) in [6, 6.07) is 8.10. The van der Waals surface area contributed by atoms with Crippen LogP contribution in [0.5, 0.6) is 0 Å². The fourth-order valence-electron chi connectivity index (χ4n) is 1.95. The zero-order valence-corrected chi connectivity index (χ0v) is 13.5. The number of aryl methyl sites for hydroxylation is 1. The van der Waals surface area contributed by atoms with Crippen LogP contribution in [0.15, 0.2) is 34.9 Å². The van der Waals surface area contributed by atoms with Crippen molar-refractivity contribution >= 4 is 6.03 Å². The topological polar surface area (TPSA) is 76.4 Å². The summed E-state index contributed by atoms with van der Waals surface area (Å²) in [5, 5.41) is 9.06. The highest BCUT2D eigenvalue weighted by Gasteiger charge is 2.27. The molecule has 0 radical (unpaired) electrons. The normalized spacial score (nSPS) is 11.4. The molecular formula is C16H18F3N3O3. The molecule has 0 aliphatic rings. The molecule has 0 saturated carbocycles. The molecule has 1 heterocycles. The van der Waals surface area contributed by atoms with Crippen LogP contribution in [0.2, 0.25) is 0 Å². The minimum atomic E-state index is -4.33. The zero-order chi connectivity index (χ0) is 18.3. The molecular weight excluding hydrogens is 339 g/mol. The highest BCUT2D eigenvalue weighted by Crippen LogP contribution is 2.15. The van der Waals surface area contributed by atoms with Crippen molar-refractivity contribution in [1.82, 2.24) is 15.8 Å². The summed E-state index contributed by atoms with van der Waals surface area (Å²) in [6.07, 6.45) is -4.33. The van der Waals surface area contributed by atoms with Crippen LogP contribution in [0.3, 0.4) is 0 Å². The van der Waals surface area contributed by atoms with Gasteiger partial charge in [0.1, 0.15) is 18.1 Å². The lowest BCUT2D eigenvalue weighted by atomic mass is 10.1. The van der Waals surface area contributed by atoms with Crippen LogP contribution in [-0.2, 0) is 24.4 Å². The average molecular weight is 357 g/mol. The molecule has 0 fully saturated rings.